The second kappa shape index (κ2) is 4.63. The normalized spacial score (nSPS) is 9.83. The minimum absolute atomic E-state index is 0.0978. The van der Waals surface area contributed by atoms with Crippen LogP contribution in [0.2, 0.25) is 0 Å². The number of anilines is 1. The molecular formula is C11H10N6O. The van der Waals surface area contributed by atoms with Gasteiger partial charge in [-0.25, -0.2) is 14.6 Å². The lowest BCUT2D eigenvalue weighted by Gasteiger charge is -2.10. The van der Waals surface area contributed by atoms with E-state index in [-0.39, 0.29) is 11.6 Å². The molecule has 7 nitrogen and oxygen atoms in total. The van der Waals surface area contributed by atoms with E-state index in [0.29, 0.717) is 11.4 Å². The van der Waals surface area contributed by atoms with E-state index >= 15 is 0 Å². The largest absolute Gasteiger partial charge is 0.313 e. The number of hydrogen-bond donors (Lipinski definition) is 0. The summed E-state index contributed by atoms with van der Waals surface area (Å²) in [6.07, 6.45) is 5.97. The molecule has 0 aliphatic heterocycles. The molecule has 0 spiro atoms. The molecule has 0 radical (unpaired) electrons. The number of amides is 1. The molecule has 0 N–H and O–H groups in total. The second-order valence-corrected chi connectivity index (χ2v) is 3.59. The number of rotatable bonds is 2. The third kappa shape index (κ3) is 2.04. The fourth-order valence-corrected chi connectivity index (χ4v) is 1.38. The zero-order valence-corrected chi connectivity index (χ0v) is 9.90. The lowest BCUT2D eigenvalue weighted by atomic mass is 10.3. The van der Waals surface area contributed by atoms with Gasteiger partial charge in [-0.1, -0.05) is 0 Å². The number of hydrogen-bond acceptors (Lipinski definition) is 5. The number of carbonyl (C=O) groups is 1. The summed E-state index contributed by atoms with van der Waals surface area (Å²) < 4.78 is 1.47. The third-order valence-corrected chi connectivity index (χ3v) is 2.47. The SMILES string of the molecule is CC(=O)N(C)c1cnn(-c2cncnc2C#N)c1. The Labute approximate surface area is 103 Å². The maximum Gasteiger partial charge on any atom is 0.223 e. The van der Waals surface area contributed by atoms with Crippen LogP contribution in [0.4, 0.5) is 5.69 Å². The smallest absolute Gasteiger partial charge is 0.223 e. The van der Waals surface area contributed by atoms with Crippen LogP contribution in [0.3, 0.4) is 0 Å². The summed E-state index contributed by atoms with van der Waals surface area (Å²) in [5, 5.41) is 13.0. The van der Waals surface area contributed by atoms with Gasteiger partial charge in [0.1, 0.15) is 18.1 Å². The highest BCUT2D eigenvalue weighted by molar-refractivity contribution is 5.90. The Balaban J connectivity index is 2.42. The quantitative estimate of drug-likeness (QED) is 0.765. The first-order valence-electron chi connectivity index (χ1n) is 5.13. The maximum atomic E-state index is 11.2. The maximum absolute atomic E-state index is 11.2. The molecule has 0 unspecified atom stereocenters. The number of nitrogens with zero attached hydrogens (tertiary/aromatic N) is 6. The molecular weight excluding hydrogens is 232 g/mol. The predicted octanol–water partition coefficient (Wildman–Crippen LogP) is 0.517. The minimum atomic E-state index is -0.0978. The van der Waals surface area contributed by atoms with Crippen molar-refractivity contribution in [1.29, 1.82) is 5.26 Å². The Morgan fingerprint density at radius 3 is 2.94 bits per heavy atom. The minimum Gasteiger partial charge on any atom is -0.313 e. The van der Waals surface area contributed by atoms with Crippen LogP contribution in [0, 0.1) is 11.3 Å². The summed E-state index contributed by atoms with van der Waals surface area (Å²) in [6.45, 7) is 1.46. The highest BCUT2D eigenvalue weighted by Crippen LogP contribution is 2.15. The van der Waals surface area contributed by atoms with E-state index in [9.17, 15) is 4.79 Å². The molecule has 2 aromatic heterocycles. The molecule has 0 aliphatic carbocycles. The van der Waals surface area contributed by atoms with Crippen LogP contribution in [0.25, 0.3) is 5.69 Å². The summed E-state index contributed by atoms with van der Waals surface area (Å²) in [4.78, 5) is 20.4. The van der Waals surface area contributed by atoms with Gasteiger partial charge in [-0.3, -0.25) is 4.79 Å². The molecule has 0 fully saturated rings. The van der Waals surface area contributed by atoms with Gasteiger partial charge < -0.3 is 4.90 Å². The van der Waals surface area contributed by atoms with Gasteiger partial charge in [0.05, 0.1) is 24.3 Å². The van der Waals surface area contributed by atoms with Gasteiger partial charge in [-0.15, -0.1) is 0 Å². The van der Waals surface area contributed by atoms with E-state index in [1.165, 1.54) is 35.2 Å². The van der Waals surface area contributed by atoms with Crippen molar-refractivity contribution in [2.75, 3.05) is 11.9 Å². The fourth-order valence-electron chi connectivity index (χ4n) is 1.38. The van der Waals surface area contributed by atoms with E-state index in [2.05, 4.69) is 15.1 Å². The molecule has 18 heavy (non-hydrogen) atoms. The van der Waals surface area contributed by atoms with Crippen LogP contribution in [0.1, 0.15) is 12.6 Å². The van der Waals surface area contributed by atoms with Crippen LogP contribution in [0.15, 0.2) is 24.9 Å². The third-order valence-electron chi connectivity index (χ3n) is 2.47. The standard InChI is InChI=1S/C11H10N6O/c1-8(18)16(2)9-4-15-17(6-9)11-5-13-7-14-10(11)3-12/h4-7H,1-2H3. The Kier molecular flexibility index (Phi) is 3.02. The zero-order valence-electron chi connectivity index (χ0n) is 9.90. The van der Waals surface area contributed by atoms with Gasteiger partial charge in [-0.2, -0.15) is 10.4 Å². The van der Waals surface area contributed by atoms with Crippen LogP contribution in [0.5, 0.6) is 0 Å². The summed E-state index contributed by atoms with van der Waals surface area (Å²) in [7, 11) is 1.65. The van der Waals surface area contributed by atoms with Gasteiger partial charge in [0.15, 0.2) is 5.69 Å². The predicted molar refractivity (Wildman–Crippen MR) is 63.0 cm³/mol. The average molecular weight is 242 g/mol. The summed E-state index contributed by atoms with van der Waals surface area (Å²) in [5.41, 5.74) is 1.34. The lowest BCUT2D eigenvalue weighted by Crippen LogP contribution is -2.22. The topological polar surface area (TPSA) is 87.7 Å². The van der Waals surface area contributed by atoms with Crippen molar-refractivity contribution in [2.24, 2.45) is 0 Å². The average Bonchev–Trinajstić information content (AvgIpc) is 2.87. The Bertz CT molecular complexity index is 626. The molecule has 1 amide bonds. The van der Waals surface area contributed by atoms with Crippen molar-refractivity contribution in [3.8, 4) is 11.8 Å². The van der Waals surface area contributed by atoms with Crippen molar-refractivity contribution >= 4 is 11.6 Å². The molecule has 2 rings (SSSR count). The molecule has 2 aromatic rings. The molecule has 90 valence electrons. The van der Waals surface area contributed by atoms with Crippen LogP contribution >= 0.6 is 0 Å². The van der Waals surface area contributed by atoms with Crippen molar-refractivity contribution in [1.82, 2.24) is 19.7 Å². The summed E-state index contributed by atoms with van der Waals surface area (Å²) >= 11 is 0. The van der Waals surface area contributed by atoms with Crippen LogP contribution in [-0.2, 0) is 4.79 Å². The van der Waals surface area contributed by atoms with Gasteiger partial charge in [0.2, 0.25) is 5.91 Å². The second-order valence-electron chi connectivity index (χ2n) is 3.59. The van der Waals surface area contributed by atoms with Crippen molar-refractivity contribution in [2.45, 2.75) is 6.92 Å². The molecule has 0 bridgehead atoms. The molecule has 0 saturated heterocycles. The first kappa shape index (κ1) is 11.7. The van der Waals surface area contributed by atoms with Crippen LogP contribution < -0.4 is 4.90 Å². The molecule has 0 atom stereocenters. The van der Waals surface area contributed by atoms with Crippen LogP contribution in [-0.4, -0.2) is 32.7 Å². The Morgan fingerprint density at radius 1 is 1.50 bits per heavy atom. The zero-order chi connectivity index (χ0) is 13.1. The monoisotopic (exact) mass is 242 g/mol. The van der Waals surface area contributed by atoms with E-state index in [1.807, 2.05) is 6.07 Å². The summed E-state index contributed by atoms with van der Waals surface area (Å²) in [5.74, 6) is -0.0978. The van der Waals surface area contributed by atoms with Crippen molar-refractivity contribution < 1.29 is 4.79 Å². The number of nitriles is 1. The van der Waals surface area contributed by atoms with E-state index in [0.717, 1.165) is 0 Å². The van der Waals surface area contributed by atoms with Gasteiger partial charge in [0.25, 0.3) is 0 Å². The highest BCUT2D eigenvalue weighted by atomic mass is 16.2. The van der Waals surface area contributed by atoms with Crippen molar-refractivity contribution in [3.63, 3.8) is 0 Å². The first-order valence-corrected chi connectivity index (χ1v) is 5.13. The highest BCUT2D eigenvalue weighted by Gasteiger charge is 2.11. The molecule has 0 aliphatic rings. The molecule has 7 heteroatoms. The number of aromatic nitrogens is 4. The van der Waals surface area contributed by atoms with Gasteiger partial charge >= 0.3 is 0 Å². The molecule has 0 aromatic carbocycles. The van der Waals surface area contributed by atoms with Crippen molar-refractivity contribution in [3.05, 3.63) is 30.6 Å². The Morgan fingerprint density at radius 2 is 2.28 bits per heavy atom. The Hall–Kier alpha value is -2.75. The van der Waals surface area contributed by atoms with E-state index in [1.54, 1.807) is 13.2 Å². The number of carbonyl (C=O) groups excluding carboxylic acids is 1. The molecule has 0 saturated carbocycles. The summed E-state index contributed by atoms with van der Waals surface area (Å²) in [6, 6.07) is 1.96. The van der Waals surface area contributed by atoms with Gasteiger partial charge in [0, 0.05) is 14.0 Å². The first-order chi connectivity index (χ1) is 8.63. The fraction of sp³-hybridized carbons (Fsp3) is 0.182. The van der Waals surface area contributed by atoms with Gasteiger partial charge in [-0.05, 0) is 0 Å². The molecule has 2 heterocycles. The lowest BCUT2D eigenvalue weighted by molar-refractivity contribution is -0.116. The van der Waals surface area contributed by atoms with E-state index < -0.39 is 0 Å². The van der Waals surface area contributed by atoms with E-state index in [4.69, 9.17) is 5.26 Å².